The number of carbonyl (C=O) groups excluding carboxylic acids is 1. The average molecular weight is 198 g/mol. The predicted molar refractivity (Wildman–Crippen MR) is 60.0 cm³/mol. The summed E-state index contributed by atoms with van der Waals surface area (Å²) in [6.45, 7) is 10.3. The van der Waals surface area contributed by atoms with Gasteiger partial charge in [0, 0.05) is 12.2 Å². The van der Waals surface area contributed by atoms with Crippen molar-refractivity contribution < 1.29 is 4.79 Å². The van der Waals surface area contributed by atoms with Gasteiger partial charge in [0.2, 0.25) is 0 Å². The van der Waals surface area contributed by atoms with Crippen LogP contribution >= 0.6 is 0 Å². The maximum Gasteiger partial charge on any atom is 0.318 e. The van der Waals surface area contributed by atoms with Crippen LogP contribution in [0.1, 0.15) is 41.0 Å². The van der Waals surface area contributed by atoms with Crippen LogP contribution in [0.25, 0.3) is 0 Å². The Kier molecular flexibility index (Phi) is 5.28. The first kappa shape index (κ1) is 13.0. The Labute approximate surface area is 87.0 Å². The van der Waals surface area contributed by atoms with Crippen molar-refractivity contribution in [3.63, 3.8) is 0 Å². The largest absolute Gasteiger partial charge is 0.335 e. The normalized spacial score (nSPS) is 14.1. The number of amides is 2. The highest BCUT2D eigenvalue weighted by Crippen LogP contribution is 2.13. The average Bonchev–Trinajstić information content (AvgIpc) is 2.01. The molecular formula is C11H22N2O. The first-order valence-electron chi connectivity index (χ1n) is 5.10. The lowest BCUT2D eigenvalue weighted by atomic mass is 9.97. The van der Waals surface area contributed by atoms with Gasteiger partial charge in [0.25, 0.3) is 0 Å². The van der Waals surface area contributed by atoms with Gasteiger partial charge < -0.3 is 10.6 Å². The molecule has 1 atom stereocenters. The van der Waals surface area contributed by atoms with Gasteiger partial charge in [-0.05, 0) is 18.8 Å². The molecule has 2 amide bonds. The molecule has 1 unspecified atom stereocenters. The summed E-state index contributed by atoms with van der Waals surface area (Å²) >= 11 is 0. The highest BCUT2D eigenvalue weighted by atomic mass is 16.2. The molecular weight excluding hydrogens is 176 g/mol. The van der Waals surface area contributed by atoms with Gasteiger partial charge in [-0.3, -0.25) is 0 Å². The van der Waals surface area contributed by atoms with E-state index in [1.807, 2.05) is 19.9 Å². The molecule has 0 spiro atoms. The predicted octanol–water partition coefficient (Wildman–Crippen LogP) is 2.64. The van der Waals surface area contributed by atoms with Crippen molar-refractivity contribution in [1.29, 1.82) is 0 Å². The fraction of sp³-hybridized carbons (Fsp3) is 0.727. The summed E-state index contributed by atoms with van der Waals surface area (Å²) in [5.74, 6) is 0. The second kappa shape index (κ2) is 5.68. The highest BCUT2D eigenvalue weighted by Gasteiger charge is 2.05. The van der Waals surface area contributed by atoms with Crippen LogP contribution in [0, 0.1) is 5.41 Å². The topological polar surface area (TPSA) is 41.1 Å². The second-order valence-corrected chi connectivity index (χ2v) is 4.63. The quantitative estimate of drug-likeness (QED) is 0.719. The molecule has 0 rings (SSSR count). The molecule has 0 heterocycles. The van der Waals surface area contributed by atoms with Crippen LogP contribution in [0.2, 0.25) is 0 Å². The van der Waals surface area contributed by atoms with Gasteiger partial charge in [-0.25, -0.2) is 4.79 Å². The van der Waals surface area contributed by atoms with Gasteiger partial charge in [0.1, 0.15) is 0 Å². The maximum atomic E-state index is 11.2. The van der Waals surface area contributed by atoms with Crippen molar-refractivity contribution >= 4 is 6.03 Å². The van der Waals surface area contributed by atoms with E-state index in [9.17, 15) is 4.79 Å². The first-order valence-corrected chi connectivity index (χ1v) is 5.10. The van der Waals surface area contributed by atoms with E-state index in [4.69, 9.17) is 0 Å². The van der Waals surface area contributed by atoms with Gasteiger partial charge in [0.15, 0.2) is 0 Å². The summed E-state index contributed by atoms with van der Waals surface area (Å²) in [7, 11) is 0. The van der Waals surface area contributed by atoms with Crippen molar-refractivity contribution in [1.82, 2.24) is 10.6 Å². The zero-order chi connectivity index (χ0) is 11.2. The Balaban J connectivity index is 3.80. The molecule has 0 fully saturated rings. The van der Waals surface area contributed by atoms with Gasteiger partial charge >= 0.3 is 6.03 Å². The molecule has 0 aromatic carbocycles. The van der Waals surface area contributed by atoms with Crippen LogP contribution in [0.5, 0.6) is 0 Å². The summed E-state index contributed by atoms with van der Waals surface area (Å²) in [6, 6.07) is 0.0814. The number of carbonyl (C=O) groups is 1. The molecule has 0 aliphatic carbocycles. The zero-order valence-electron chi connectivity index (χ0n) is 9.85. The number of rotatable bonds is 3. The van der Waals surface area contributed by atoms with Crippen molar-refractivity contribution in [2.45, 2.75) is 47.1 Å². The number of hydrogen-bond acceptors (Lipinski definition) is 1. The van der Waals surface area contributed by atoms with Crippen LogP contribution in [-0.2, 0) is 0 Å². The number of urea groups is 1. The molecule has 0 aromatic rings. The highest BCUT2D eigenvalue weighted by molar-refractivity contribution is 5.75. The Bertz CT molecular complexity index is 204. The number of nitrogens with one attached hydrogen (secondary N) is 2. The van der Waals surface area contributed by atoms with E-state index in [0.717, 1.165) is 6.42 Å². The van der Waals surface area contributed by atoms with Crippen LogP contribution in [-0.4, -0.2) is 12.1 Å². The Morgan fingerprint density at radius 1 is 1.43 bits per heavy atom. The smallest absolute Gasteiger partial charge is 0.318 e. The van der Waals surface area contributed by atoms with E-state index in [1.54, 1.807) is 6.20 Å². The summed E-state index contributed by atoms with van der Waals surface area (Å²) in [4.78, 5) is 11.2. The summed E-state index contributed by atoms with van der Waals surface area (Å²) in [5.41, 5.74) is 0.101. The lowest BCUT2D eigenvalue weighted by Gasteiger charge is -2.13. The van der Waals surface area contributed by atoms with Crippen LogP contribution in [0.3, 0.4) is 0 Å². The zero-order valence-corrected chi connectivity index (χ0v) is 9.85. The monoisotopic (exact) mass is 198 g/mol. The van der Waals surface area contributed by atoms with Crippen molar-refractivity contribution in [2.24, 2.45) is 5.41 Å². The molecule has 3 nitrogen and oxygen atoms in total. The Morgan fingerprint density at radius 3 is 2.43 bits per heavy atom. The minimum absolute atomic E-state index is 0.101. The SMILES string of the molecule is CCC(C)NC(=O)N/C=C/C(C)(C)C. The molecule has 0 saturated heterocycles. The van der Waals surface area contributed by atoms with E-state index in [0.29, 0.717) is 0 Å². The maximum absolute atomic E-state index is 11.2. The fourth-order valence-corrected chi connectivity index (χ4v) is 0.735. The minimum Gasteiger partial charge on any atom is -0.335 e. The van der Waals surface area contributed by atoms with Gasteiger partial charge in [-0.1, -0.05) is 33.8 Å². The third kappa shape index (κ3) is 7.65. The second-order valence-electron chi connectivity index (χ2n) is 4.63. The molecule has 3 heteroatoms. The number of allylic oxidation sites excluding steroid dienone is 1. The third-order valence-electron chi connectivity index (χ3n) is 1.79. The van der Waals surface area contributed by atoms with E-state index in [-0.39, 0.29) is 17.5 Å². The van der Waals surface area contributed by atoms with Crippen LogP contribution in [0.15, 0.2) is 12.3 Å². The van der Waals surface area contributed by atoms with E-state index in [1.165, 1.54) is 0 Å². The molecule has 0 saturated carbocycles. The molecule has 2 N–H and O–H groups in total. The summed E-state index contributed by atoms with van der Waals surface area (Å²) < 4.78 is 0. The Morgan fingerprint density at radius 2 is 2.00 bits per heavy atom. The van der Waals surface area contributed by atoms with Crippen LogP contribution in [0.4, 0.5) is 4.79 Å². The van der Waals surface area contributed by atoms with E-state index < -0.39 is 0 Å². The van der Waals surface area contributed by atoms with Crippen LogP contribution < -0.4 is 10.6 Å². The van der Waals surface area contributed by atoms with Gasteiger partial charge in [-0.15, -0.1) is 0 Å². The first-order chi connectivity index (χ1) is 6.35. The lowest BCUT2D eigenvalue weighted by molar-refractivity contribution is 0.240. The summed E-state index contributed by atoms with van der Waals surface area (Å²) in [5, 5.41) is 5.49. The van der Waals surface area contributed by atoms with Gasteiger partial charge in [0.05, 0.1) is 0 Å². The molecule has 82 valence electrons. The van der Waals surface area contributed by atoms with Crippen molar-refractivity contribution in [2.75, 3.05) is 0 Å². The molecule has 0 bridgehead atoms. The van der Waals surface area contributed by atoms with Gasteiger partial charge in [-0.2, -0.15) is 0 Å². The summed E-state index contributed by atoms with van der Waals surface area (Å²) in [6.07, 6.45) is 4.59. The molecule has 14 heavy (non-hydrogen) atoms. The molecule has 0 aliphatic heterocycles. The molecule has 0 aromatic heterocycles. The standard InChI is InChI=1S/C11H22N2O/c1-6-9(2)13-10(14)12-8-7-11(3,4)5/h7-9H,6H2,1-5H3,(H2,12,13,14)/b8-7+. The van der Waals surface area contributed by atoms with E-state index >= 15 is 0 Å². The molecule has 0 radical (unpaired) electrons. The number of hydrogen-bond donors (Lipinski definition) is 2. The third-order valence-corrected chi connectivity index (χ3v) is 1.79. The molecule has 0 aliphatic rings. The fourth-order valence-electron chi connectivity index (χ4n) is 0.735. The van der Waals surface area contributed by atoms with E-state index in [2.05, 4.69) is 31.4 Å². The lowest BCUT2D eigenvalue weighted by Crippen LogP contribution is -2.38. The minimum atomic E-state index is -0.139. The Hall–Kier alpha value is -0.990. The van der Waals surface area contributed by atoms with Crippen molar-refractivity contribution in [3.05, 3.63) is 12.3 Å². The van der Waals surface area contributed by atoms with Crippen molar-refractivity contribution in [3.8, 4) is 0 Å².